The lowest BCUT2D eigenvalue weighted by molar-refractivity contribution is -0.149. The van der Waals surface area contributed by atoms with Crippen molar-refractivity contribution in [1.29, 1.82) is 5.26 Å². The maximum absolute atomic E-state index is 12.4. The lowest BCUT2D eigenvalue weighted by Gasteiger charge is -2.20. The number of pyridine rings is 1. The van der Waals surface area contributed by atoms with Crippen LogP contribution in [-0.2, 0) is 16.1 Å². The molecule has 0 N–H and O–H groups in total. The number of rotatable bonds is 7. The zero-order valence-corrected chi connectivity index (χ0v) is 17.4. The zero-order chi connectivity index (χ0) is 21.5. The van der Waals surface area contributed by atoms with Gasteiger partial charge in [-0.1, -0.05) is 41.4 Å². The number of carbonyl (C=O) groups excluding carboxylic acids is 1. The summed E-state index contributed by atoms with van der Waals surface area (Å²) in [4.78, 5) is 16.3. The van der Waals surface area contributed by atoms with Crippen molar-refractivity contribution in [3.63, 3.8) is 0 Å². The van der Waals surface area contributed by atoms with E-state index in [-0.39, 0.29) is 22.9 Å². The molecule has 0 aliphatic carbocycles. The summed E-state index contributed by atoms with van der Waals surface area (Å²) in [6.45, 7) is 0.259. The molecule has 30 heavy (non-hydrogen) atoms. The van der Waals surface area contributed by atoms with E-state index in [2.05, 4.69) is 4.98 Å². The second-order valence-electron chi connectivity index (χ2n) is 6.08. The number of halogens is 2. The van der Waals surface area contributed by atoms with Crippen LogP contribution in [0.2, 0.25) is 10.0 Å². The van der Waals surface area contributed by atoms with Crippen LogP contribution in [0.3, 0.4) is 0 Å². The molecular weight excluding hydrogens is 427 g/mol. The Kier molecular flexibility index (Phi) is 7.12. The molecular formula is C22H16Cl2N2O4. The van der Waals surface area contributed by atoms with Crippen LogP contribution in [0.1, 0.15) is 22.8 Å². The van der Waals surface area contributed by atoms with Crippen molar-refractivity contribution in [3.05, 3.63) is 87.7 Å². The van der Waals surface area contributed by atoms with E-state index < -0.39 is 12.1 Å². The highest BCUT2D eigenvalue weighted by atomic mass is 35.5. The molecule has 8 heteroatoms. The molecule has 0 saturated heterocycles. The Balaban J connectivity index is 1.94. The van der Waals surface area contributed by atoms with Crippen LogP contribution in [0.25, 0.3) is 0 Å². The van der Waals surface area contributed by atoms with Gasteiger partial charge >= 0.3 is 5.97 Å². The van der Waals surface area contributed by atoms with E-state index in [0.29, 0.717) is 16.3 Å². The van der Waals surface area contributed by atoms with E-state index >= 15 is 0 Å². The van der Waals surface area contributed by atoms with Gasteiger partial charge in [0.15, 0.2) is 0 Å². The van der Waals surface area contributed by atoms with Gasteiger partial charge in [0.1, 0.15) is 29.7 Å². The second-order valence-corrected chi connectivity index (χ2v) is 6.89. The smallest absolute Gasteiger partial charge is 0.351 e. The minimum Gasteiger partial charge on any atom is -0.489 e. The maximum atomic E-state index is 12.4. The Labute approximate surface area is 183 Å². The number of aromatic nitrogens is 1. The van der Waals surface area contributed by atoms with Crippen molar-refractivity contribution >= 4 is 29.2 Å². The third-order valence-corrected chi connectivity index (χ3v) is 4.78. The van der Waals surface area contributed by atoms with Crippen LogP contribution in [-0.4, -0.2) is 18.1 Å². The van der Waals surface area contributed by atoms with Crippen LogP contribution in [0.5, 0.6) is 11.5 Å². The van der Waals surface area contributed by atoms with Crippen molar-refractivity contribution in [2.45, 2.75) is 12.7 Å². The van der Waals surface area contributed by atoms with Crippen LogP contribution < -0.4 is 9.47 Å². The number of esters is 1. The topological polar surface area (TPSA) is 81.4 Å². The fraction of sp³-hybridized carbons (Fsp3) is 0.136. The van der Waals surface area contributed by atoms with Crippen molar-refractivity contribution in [2.75, 3.05) is 7.11 Å². The third-order valence-electron chi connectivity index (χ3n) is 4.14. The first kappa shape index (κ1) is 21.4. The molecule has 1 unspecified atom stereocenters. The predicted molar refractivity (Wildman–Crippen MR) is 112 cm³/mol. The number of benzene rings is 2. The van der Waals surface area contributed by atoms with Gasteiger partial charge in [0, 0.05) is 35.1 Å². The van der Waals surface area contributed by atoms with Gasteiger partial charge in [-0.25, -0.2) is 4.79 Å². The zero-order valence-electron chi connectivity index (χ0n) is 15.8. The number of carbonyl (C=O) groups is 1. The van der Waals surface area contributed by atoms with Crippen LogP contribution in [0, 0.1) is 11.3 Å². The summed E-state index contributed by atoms with van der Waals surface area (Å²) in [6.07, 6.45) is 2.12. The Hall–Kier alpha value is -3.27. The molecule has 0 radical (unpaired) electrons. The monoisotopic (exact) mass is 442 g/mol. The number of nitrogens with zero attached hydrogens (tertiary/aromatic N) is 2. The van der Waals surface area contributed by atoms with Crippen molar-refractivity contribution in [2.24, 2.45) is 0 Å². The SMILES string of the molecule is COC(=O)C(Oc1cc(OCc2ccncc2)cc(Cl)c1C#N)c1ccccc1Cl. The van der Waals surface area contributed by atoms with Crippen LogP contribution in [0.15, 0.2) is 60.9 Å². The van der Waals surface area contributed by atoms with Gasteiger partial charge in [-0.3, -0.25) is 4.98 Å². The molecule has 0 spiro atoms. The first-order valence-corrected chi connectivity index (χ1v) is 9.53. The largest absolute Gasteiger partial charge is 0.489 e. The summed E-state index contributed by atoms with van der Waals surface area (Å²) in [5.41, 5.74) is 1.36. The average molecular weight is 443 g/mol. The third kappa shape index (κ3) is 5.01. The standard InChI is InChI=1S/C22H16Cl2N2O4/c1-28-22(27)21(16-4-2-3-5-18(16)23)30-20-11-15(10-19(24)17(20)12-25)29-13-14-6-8-26-9-7-14/h2-11,21H,13H2,1H3. The second kappa shape index (κ2) is 9.97. The molecule has 2 aromatic carbocycles. The molecule has 0 amide bonds. The summed E-state index contributed by atoms with van der Waals surface area (Å²) in [7, 11) is 1.24. The van der Waals surface area contributed by atoms with Crippen molar-refractivity contribution in [3.8, 4) is 17.6 Å². The van der Waals surface area contributed by atoms with Crippen LogP contribution in [0.4, 0.5) is 0 Å². The number of nitriles is 1. The summed E-state index contributed by atoms with van der Waals surface area (Å²) >= 11 is 12.5. The van der Waals surface area contributed by atoms with Gasteiger partial charge in [-0.2, -0.15) is 5.26 Å². The molecule has 1 heterocycles. The summed E-state index contributed by atoms with van der Waals surface area (Å²) < 4.78 is 16.5. The average Bonchev–Trinajstić information content (AvgIpc) is 2.76. The minimum atomic E-state index is -1.19. The van der Waals surface area contributed by atoms with Crippen molar-refractivity contribution in [1.82, 2.24) is 4.98 Å². The Morgan fingerprint density at radius 2 is 1.87 bits per heavy atom. The molecule has 152 valence electrons. The van der Waals surface area contributed by atoms with E-state index in [9.17, 15) is 10.1 Å². The summed E-state index contributed by atoms with van der Waals surface area (Å²) in [5.74, 6) is -0.232. The molecule has 3 rings (SSSR count). The normalized spacial score (nSPS) is 11.3. The van der Waals surface area contributed by atoms with Crippen molar-refractivity contribution < 1.29 is 19.0 Å². The van der Waals surface area contributed by atoms with Gasteiger partial charge in [0.25, 0.3) is 0 Å². The summed E-state index contributed by atoms with van der Waals surface area (Å²) in [5, 5.41) is 9.98. The molecule has 0 bridgehead atoms. The van der Waals surface area contributed by atoms with Crippen LogP contribution >= 0.6 is 23.2 Å². The first-order chi connectivity index (χ1) is 14.5. The predicted octanol–water partition coefficient (Wildman–Crippen LogP) is 5.13. The van der Waals surface area contributed by atoms with Gasteiger partial charge in [-0.05, 0) is 23.8 Å². The van der Waals surface area contributed by atoms with Gasteiger partial charge in [0.2, 0.25) is 6.10 Å². The maximum Gasteiger partial charge on any atom is 0.351 e. The first-order valence-electron chi connectivity index (χ1n) is 8.77. The summed E-state index contributed by atoms with van der Waals surface area (Å²) in [6, 6.07) is 15.3. The molecule has 1 aromatic heterocycles. The number of hydrogen-bond acceptors (Lipinski definition) is 6. The number of hydrogen-bond donors (Lipinski definition) is 0. The quantitative estimate of drug-likeness (QED) is 0.471. The highest BCUT2D eigenvalue weighted by Gasteiger charge is 2.27. The number of ether oxygens (including phenoxy) is 3. The Morgan fingerprint density at radius 1 is 1.13 bits per heavy atom. The van der Waals surface area contributed by atoms with E-state index in [1.165, 1.54) is 19.2 Å². The molecule has 0 fully saturated rings. The minimum absolute atomic E-state index is 0.0638. The Bertz CT molecular complexity index is 1080. The van der Waals surface area contributed by atoms with E-state index in [0.717, 1.165) is 5.56 Å². The molecule has 0 aliphatic rings. The van der Waals surface area contributed by atoms with Gasteiger partial charge < -0.3 is 14.2 Å². The van der Waals surface area contributed by atoms with E-state index in [1.54, 1.807) is 36.7 Å². The molecule has 0 saturated carbocycles. The van der Waals surface area contributed by atoms with Gasteiger partial charge in [0.05, 0.1) is 12.1 Å². The highest BCUT2D eigenvalue weighted by Crippen LogP contribution is 2.36. The highest BCUT2D eigenvalue weighted by molar-refractivity contribution is 6.32. The fourth-order valence-electron chi connectivity index (χ4n) is 2.65. The molecule has 3 aromatic rings. The van der Waals surface area contributed by atoms with E-state index in [4.69, 9.17) is 37.4 Å². The van der Waals surface area contributed by atoms with Gasteiger partial charge in [-0.15, -0.1) is 0 Å². The Morgan fingerprint density at radius 3 is 2.53 bits per heavy atom. The number of methoxy groups -OCH3 is 1. The molecule has 6 nitrogen and oxygen atoms in total. The molecule has 1 atom stereocenters. The lowest BCUT2D eigenvalue weighted by atomic mass is 10.1. The fourth-order valence-corrected chi connectivity index (χ4v) is 3.13. The molecule has 0 aliphatic heterocycles. The lowest BCUT2D eigenvalue weighted by Crippen LogP contribution is -2.21. The van der Waals surface area contributed by atoms with E-state index in [1.807, 2.05) is 18.2 Å².